The standard InChI is InChI=1S/C28H26ClN5O4/c1-38-24-12-11-20(17-23(24)29)34-28(37)22-10-6-5-9-21(22)26(31-34)27(36)30-18-25(35)33-15-13-32(14-16-33)19-7-3-2-4-8-19/h2-12,17H,13-16,18H2,1H3,(H,30,36). The van der Waals surface area contributed by atoms with E-state index in [0.717, 1.165) is 10.4 Å². The SMILES string of the molecule is COc1ccc(-n2nc(C(=O)NCC(=O)N3CCN(c4ccccc4)CC3)c3ccccc3c2=O)cc1Cl. The highest BCUT2D eigenvalue weighted by molar-refractivity contribution is 6.32. The maximum absolute atomic E-state index is 13.2. The maximum Gasteiger partial charge on any atom is 0.279 e. The third-order valence-corrected chi connectivity index (χ3v) is 6.85. The predicted molar refractivity (Wildman–Crippen MR) is 146 cm³/mol. The van der Waals surface area contributed by atoms with Gasteiger partial charge in [-0.15, -0.1) is 0 Å². The zero-order chi connectivity index (χ0) is 26.6. The van der Waals surface area contributed by atoms with Gasteiger partial charge in [0.15, 0.2) is 5.69 Å². The molecule has 9 nitrogen and oxygen atoms in total. The molecule has 0 aliphatic carbocycles. The lowest BCUT2D eigenvalue weighted by Gasteiger charge is -2.36. The Kier molecular flexibility index (Phi) is 7.28. The van der Waals surface area contributed by atoms with Crippen LogP contribution in [0.5, 0.6) is 5.75 Å². The fourth-order valence-electron chi connectivity index (χ4n) is 4.52. The minimum absolute atomic E-state index is 0.0360. The van der Waals surface area contributed by atoms with E-state index in [0.29, 0.717) is 53.4 Å². The number of para-hydroxylation sites is 1. The summed E-state index contributed by atoms with van der Waals surface area (Å²) >= 11 is 6.26. The van der Waals surface area contributed by atoms with E-state index in [9.17, 15) is 14.4 Å². The van der Waals surface area contributed by atoms with Crippen molar-refractivity contribution in [2.45, 2.75) is 0 Å². The van der Waals surface area contributed by atoms with Gasteiger partial charge in [-0.3, -0.25) is 14.4 Å². The monoisotopic (exact) mass is 531 g/mol. The van der Waals surface area contributed by atoms with Crippen LogP contribution in [0.4, 0.5) is 5.69 Å². The predicted octanol–water partition coefficient (Wildman–Crippen LogP) is 3.13. The summed E-state index contributed by atoms with van der Waals surface area (Å²) in [7, 11) is 1.49. The van der Waals surface area contributed by atoms with E-state index in [1.165, 1.54) is 7.11 Å². The van der Waals surface area contributed by atoms with Crippen LogP contribution in [0.2, 0.25) is 5.02 Å². The van der Waals surface area contributed by atoms with Crippen molar-refractivity contribution in [2.24, 2.45) is 0 Å². The van der Waals surface area contributed by atoms with E-state index in [4.69, 9.17) is 16.3 Å². The first-order valence-electron chi connectivity index (χ1n) is 12.2. The van der Waals surface area contributed by atoms with Crippen LogP contribution in [-0.2, 0) is 4.79 Å². The van der Waals surface area contributed by atoms with Crippen molar-refractivity contribution in [2.75, 3.05) is 44.7 Å². The van der Waals surface area contributed by atoms with Crippen LogP contribution in [0.25, 0.3) is 16.5 Å². The van der Waals surface area contributed by atoms with E-state index < -0.39 is 11.5 Å². The number of nitrogens with zero attached hydrogens (tertiary/aromatic N) is 4. The summed E-state index contributed by atoms with van der Waals surface area (Å²) in [6, 6.07) is 21.6. The van der Waals surface area contributed by atoms with Crippen molar-refractivity contribution in [3.63, 3.8) is 0 Å². The normalized spacial score (nSPS) is 13.4. The molecule has 38 heavy (non-hydrogen) atoms. The van der Waals surface area contributed by atoms with Gasteiger partial charge < -0.3 is 19.9 Å². The summed E-state index contributed by atoms with van der Waals surface area (Å²) in [4.78, 5) is 43.3. The second-order valence-corrected chi connectivity index (χ2v) is 9.22. The van der Waals surface area contributed by atoms with Gasteiger partial charge in [0, 0.05) is 37.3 Å². The summed E-state index contributed by atoms with van der Waals surface area (Å²) in [5.74, 6) is -0.276. The lowest BCUT2D eigenvalue weighted by molar-refractivity contribution is -0.130. The molecule has 0 radical (unpaired) electrons. The van der Waals surface area contributed by atoms with Crippen molar-refractivity contribution in [3.05, 3.63) is 93.9 Å². The molecule has 4 aromatic rings. The number of hydrogen-bond donors (Lipinski definition) is 1. The van der Waals surface area contributed by atoms with Crippen LogP contribution in [0.1, 0.15) is 10.5 Å². The molecule has 1 aliphatic heterocycles. The number of carbonyl (C=O) groups excluding carboxylic acids is 2. The topological polar surface area (TPSA) is 96.8 Å². The van der Waals surface area contributed by atoms with E-state index in [2.05, 4.69) is 15.3 Å². The largest absolute Gasteiger partial charge is 0.495 e. The van der Waals surface area contributed by atoms with Gasteiger partial charge in [0.05, 0.1) is 29.8 Å². The van der Waals surface area contributed by atoms with Crippen molar-refractivity contribution in [3.8, 4) is 11.4 Å². The highest BCUT2D eigenvalue weighted by Gasteiger charge is 2.23. The van der Waals surface area contributed by atoms with Gasteiger partial charge in [-0.2, -0.15) is 9.78 Å². The average molecular weight is 532 g/mol. The average Bonchev–Trinajstić information content (AvgIpc) is 2.96. The van der Waals surface area contributed by atoms with Gasteiger partial charge in [0.2, 0.25) is 5.91 Å². The third kappa shape index (κ3) is 5.05. The van der Waals surface area contributed by atoms with Crippen LogP contribution in [0.3, 0.4) is 0 Å². The molecule has 1 aromatic heterocycles. The molecular weight excluding hydrogens is 506 g/mol. The number of benzene rings is 3. The number of methoxy groups -OCH3 is 1. The molecule has 0 bridgehead atoms. The molecule has 194 valence electrons. The number of nitrogens with one attached hydrogen (secondary N) is 1. The summed E-state index contributed by atoms with van der Waals surface area (Å²) in [6.45, 7) is 2.38. The Labute approximate surface area is 224 Å². The van der Waals surface area contributed by atoms with E-state index in [1.54, 1.807) is 47.4 Å². The van der Waals surface area contributed by atoms with Gasteiger partial charge in [-0.1, -0.05) is 48.0 Å². The van der Waals surface area contributed by atoms with Crippen LogP contribution in [0.15, 0.2) is 77.6 Å². The minimum Gasteiger partial charge on any atom is -0.495 e. The number of anilines is 1. The van der Waals surface area contributed by atoms with Gasteiger partial charge in [-0.05, 0) is 36.4 Å². The van der Waals surface area contributed by atoms with Crippen molar-refractivity contribution in [1.29, 1.82) is 0 Å². The number of ether oxygens (including phenoxy) is 1. The second-order valence-electron chi connectivity index (χ2n) is 8.82. The number of fused-ring (bicyclic) bond motifs is 1. The summed E-state index contributed by atoms with van der Waals surface area (Å²) < 4.78 is 6.32. The fraction of sp³-hybridized carbons (Fsp3) is 0.214. The van der Waals surface area contributed by atoms with E-state index in [1.807, 2.05) is 30.3 Å². The number of aromatic nitrogens is 2. The first-order valence-corrected chi connectivity index (χ1v) is 12.6. The zero-order valence-electron chi connectivity index (χ0n) is 20.8. The minimum atomic E-state index is -0.550. The molecule has 1 fully saturated rings. The second kappa shape index (κ2) is 10.9. The molecule has 1 N–H and O–H groups in total. The smallest absolute Gasteiger partial charge is 0.279 e. The van der Waals surface area contributed by atoms with E-state index in [-0.39, 0.29) is 18.1 Å². The Balaban J connectivity index is 1.33. The molecule has 0 atom stereocenters. The Morgan fingerprint density at radius 3 is 2.29 bits per heavy atom. The maximum atomic E-state index is 13.2. The molecule has 0 unspecified atom stereocenters. The summed E-state index contributed by atoms with van der Waals surface area (Å²) in [5, 5.41) is 8.08. The molecule has 2 amide bonds. The Morgan fingerprint density at radius 2 is 1.61 bits per heavy atom. The van der Waals surface area contributed by atoms with Gasteiger partial charge in [0.1, 0.15) is 5.75 Å². The van der Waals surface area contributed by atoms with Crippen LogP contribution in [-0.4, -0.2) is 66.3 Å². The zero-order valence-corrected chi connectivity index (χ0v) is 21.5. The Hall–Kier alpha value is -4.37. The number of piperazine rings is 1. The lowest BCUT2D eigenvalue weighted by Crippen LogP contribution is -2.51. The molecule has 3 aromatic carbocycles. The number of carbonyl (C=O) groups is 2. The lowest BCUT2D eigenvalue weighted by atomic mass is 10.1. The molecule has 1 aliphatic rings. The molecule has 10 heteroatoms. The molecule has 0 spiro atoms. The summed E-state index contributed by atoms with van der Waals surface area (Å²) in [5.41, 5.74) is 1.15. The Morgan fingerprint density at radius 1 is 0.921 bits per heavy atom. The first-order chi connectivity index (χ1) is 18.5. The highest BCUT2D eigenvalue weighted by Crippen LogP contribution is 2.26. The molecular formula is C28H26ClN5O4. The fourth-order valence-corrected chi connectivity index (χ4v) is 4.78. The van der Waals surface area contributed by atoms with Gasteiger partial charge in [0.25, 0.3) is 11.5 Å². The molecule has 2 heterocycles. The molecule has 0 saturated carbocycles. The molecule has 5 rings (SSSR count). The highest BCUT2D eigenvalue weighted by atomic mass is 35.5. The third-order valence-electron chi connectivity index (χ3n) is 6.55. The van der Waals surface area contributed by atoms with Crippen LogP contribution >= 0.6 is 11.6 Å². The Bertz CT molecular complexity index is 1550. The van der Waals surface area contributed by atoms with Crippen molar-refractivity contribution >= 4 is 39.9 Å². The van der Waals surface area contributed by atoms with Gasteiger partial charge >= 0.3 is 0 Å². The summed E-state index contributed by atoms with van der Waals surface area (Å²) in [6.07, 6.45) is 0. The van der Waals surface area contributed by atoms with Crippen LogP contribution < -0.4 is 20.5 Å². The number of rotatable bonds is 6. The van der Waals surface area contributed by atoms with Crippen molar-refractivity contribution in [1.82, 2.24) is 20.0 Å². The van der Waals surface area contributed by atoms with E-state index >= 15 is 0 Å². The van der Waals surface area contributed by atoms with Crippen LogP contribution in [0, 0.1) is 0 Å². The van der Waals surface area contributed by atoms with Gasteiger partial charge in [-0.25, -0.2) is 0 Å². The van der Waals surface area contributed by atoms with Crippen molar-refractivity contribution < 1.29 is 14.3 Å². The number of amides is 2. The number of hydrogen-bond acceptors (Lipinski definition) is 6. The molecule has 1 saturated heterocycles. The first kappa shape index (κ1) is 25.3. The quantitative estimate of drug-likeness (QED) is 0.411. The number of halogens is 1.